The Kier molecular flexibility index (Phi) is 3.93. The first kappa shape index (κ1) is 15.7. The normalized spacial score (nSPS) is 14.0. The van der Waals surface area contributed by atoms with Gasteiger partial charge in [-0.25, -0.2) is 0 Å². The number of aryl methyl sites for hydroxylation is 6. The molecule has 0 amide bonds. The predicted molar refractivity (Wildman–Crippen MR) is 100 cm³/mol. The fourth-order valence-electron chi connectivity index (χ4n) is 3.96. The molecule has 0 bridgehead atoms. The van der Waals surface area contributed by atoms with E-state index in [1.165, 1.54) is 44.8 Å². The van der Waals surface area contributed by atoms with Crippen LogP contribution in [0.1, 0.15) is 33.4 Å². The van der Waals surface area contributed by atoms with Gasteiger partial charge in [0, 0.05) is 23.8 Å². The van der Waals surface area contributed by atoms with Gasteiger partial charge in [-0.2, -0.15) is 0 Å². The molecule has 0 unspecified atom stereocenters. The van der Waals surface area contributed by atoms with Gasteiger partial charge in [0.15, 0.2) is 0 Å². The van der Waals surface area contributed by atoms with Gasteiger partial charge in [0.1, 0.15) is 0 Å². The number of anilines is 2. The van der Waals surface area contributed by atoms with Crippen molar-refractivity contribution in [2.75, 3.05) is 16.5 Å². The van der Waals surface area contributed by atoms with Crippen LogP contribution < -0.4 is 9.80 Å². The summed E-state index contributed by atoms with van der Waals surface area (Å²) in [7, 11) is 0. The molecule has 1 aliphatic heterocycles. The van der Waals surface area contributed by atoms with E-state index in [9.17, 15) is 0 Å². The maximum atomic E-state index is 2.35. The fourth-order valence-corrected chi connectivity index (χ4v) is 3.96. The van der Waals surface area contributed by atoms with Crippen molar-refractivity contribution >= 4 is 11.4 Å². The molecule has 2 aromatic rings. The van der Waals surface area contributed by atoms with Crippen LogP contribution in [0.5, 0.6) is 0 Å². The van der Waals surface area contributed by atoms with Crippen LogP contribution in [0.25, 0.3) is 0 Å². The molecule has 2 nitrogen and oxygen atoms in total. The number of rotatable bonds is 2. The molecule has 0 saturated carbocycles. The molecule has 0 N–H and O–H groups in total. The Hall–Kier alpha value is -2.22. The Morgan fingerprint density at radius 1 is 0.565 bits per heavy atom. The molecule has 3 rings (SSSR count). The monoisotopic (exact) mass is 306 g/mol. The van der Waals surface area contributed by atoms with Crippen molar-refractivity contribution in [1.29, 1.82) is 0 Å². The number of benzene rings is 2. The predicted octanol–water partition coefficient (Wildman–Crippen LogP) is 5.29. The Labute approximate surface area is 140 Å². The SMILES string of the molecule is Cc1cc(C)c(N2C=CN(c3c(C)cc(C)cc3C)C2)c(C)c1. The van der Waals surface area contributed by atoms with Crippen molar-refractivity contribution in [2.24, 2.45) is 0 Å². The molecule has 1 heterocycles. The quantitative estimate of drug-likeness (QED) is 0.743. The summed E-state index contributed by atoms with van der Waals surface area (Å²) in [6.07, 6.45) is 4.40. The maximum Gasteiger partial charge on any atom is 0.0989 e. The van der Waals surface area contributed by atoms with Gasteiger partial charge in [-0.1, -0.05) is 35.4 Å². The van der Waals surface area contributed by atoms with E-state index >= 15 is 0 Å². The first-order valence-corrected chi connectivity index (χ1v) is 8.24. The largest absolute Gasteiger partial charge is 0.328 e. The van der Waals surface area contributed by atoms with Crippen molar-refractivity contribution in [3.05, 3.63) is 70.0 Å². The Morgan fingerprint density at radius 2 is 0.870 bits per heavy atom. The van der Waals surface area contributed by atoms with Crippen molar-refractivity contribution in [1.82, 2.24) is 0 Å². The number of hydrogen-bond donors (Lipinski definition) is 0. The lowest BCUT2D eigenvalue weighted by Gasteiger charge is -2.27. The van der Waals surface area contributed by atoms with Crippen molar-refractivity contribution in [3.63, 3.8) is 0 Å². The van der Waals surface area contributed by atoms with E-state index in [-0.39, 0.29) is 0 Å². The minimum Gasteiger partial charge on any atom is -0.328 e. The van der Waals surface area contributed by atoms with Crippen molar-refractivity contribution in [3.8, 4) is 0 Å². The van der Waals surface area contributed by atoms with E-state index in [4.69, 9.17) is 0 Å². The van der Waals surface area contributed by atoms with E-state index < -0.39 is 0 Å². The Balaban J connectivity index is 1.93. The second-order valence-electron chi connectivity index (χ2n) is 6.87. The molecule has 0 atom stereocenters. The Bertz CT molecular complexity index is 675. The molecule has 1 aliphatic rings. The van der Waals surface area contributed by atoms with Gasteiger partial charge in [0.2, 0.25) is 0 Å². The summed E-state index contributed by atoms with van der Waals surface area (Å²) >= 11 is 0. The zero-order valence-corrected chi connectivity index (χ0v) is 15.1. The van der Waals surface area contributed by atoms with Crippen LogP contribution in [0.2, 0.25) is 0 Å². The Morgan fingerprint density at radius 3 is 1.17 bits per heavy atom. The van der Waals surface area contributed by atoms with E-state index in [2.05, 4.69) is 88.0 Å². The molecular weight excluding hydrogens is 280 g/mol. The lowest BCUT2D eigenvalue weighted by molar-refractivity contribution is 0.954. The van der Waals surface area contributed by atoms with Gasteiger partial charge < -0.3 is 9.80 Å². The lowest BCUT2D eigenvalue weighted by atomic mass is 10.0. The second-order valence-corrected chi connectivity index (χ2v) is 6.87. The fraction of sp³-hybridized carbons (Fsp3) is 0.333. The highest BCUT2D eigenvalue weighted by Crippen LogP contribution is 2.33. The average molecular weight is 306 g/mol. The smallest absolute Gasteiger partial charge is 0.0989 e. The first-order chi connectivity index (χ1) is 10.9. The number of hydrogen-bond acceptors (Lipinski definition) is 2. The number of nitrogens with zero attached hydrogens (tertiary/aromatic N) is 2. The van der Waals surface area contributed by atoms with Gasteiger partial charge in [-0.05, 0) is 63.8 Å². The van der Waals surface area contributed by atoms with Gasteiger partial charge in [0.25, 0.3) is 0 Å². The van der Waals surface area contributed by atoms with Crippen LogP contribution in [-0.4, -0.2) is 6.67 Å². The zero-order chi connectivity index (χ0) is 16.7. The van der Waals surface area contributed by atoms with Gasteiger partial charge in [0.05, 0.1) is 6.67 Å². The molecular formula is C21H26N2. The molecule has 0 saturated heterocycles. The topological polar surface area (TPSA) is 6.48 Å². The van der Waals surface area contributed by atoms with Gasteiger partial charge in [-0.15, -0.1) is 0 Å². The highest BCUT2D eigenvalue weighted by molar-refractivity contribution is 5.69. The minimum absolute atomic E-state index is 0.871. The molecule has 0 aromatic heterocycles. The summed E-state index contributed by atoms with van der Waals surface area (Å²) in [6, 6.07) is 9.06. The van der Waals surface area contributed by atoms with E-state index in [1.54, 1.807) is 0 Å². The van der Waals surface area contributed by atoms with Crippen molar-refractivity contribution in [2.45, 2.75) is 41.5 Å². The third-order valence-electron chi connectivity index (χ3n) is 4.58. The molecule has 120 valence electrons. The highest BCUT2D eigenvalue weighted by Gasteiger charge is 2.21. The lowest BCUT2D eigenvalue weighted by Crippen LogP contribution is -2.26. The summed E-state index contributed by atoms with van der Waals surface area (Å²) in [6.45, 7) is 14.0. The van der Waals surface area contributed by atoms with Gasteiger partial charge >= 0.3 is 0 Å². The standard InChI is InChI=1S/C21H26N2/c1-14-9-16(3)20(17(4)10-14)22-7-8-23(13-22)21-18(5)11-15(2)12-19(21)6/h7-12H,13H2,1-6H3. The summed E-state index contributed by atoms with van der Waals surface area (Å²) < 4.78 is 0. The maximum absolute atomic E-state index is 2.35. The molecule has 0 fully saturated rings. The van der Waals surface area contributed by atoms with Crippen molar-refractivity contribution < 1.29 is 0 Å². The summed E-state index contributed by atoms with van der Waals surface area (Å²) in [5.74, 6) is 0. The summed E-state index contributed by atoms with van der Waals surface area (Å²) in [5, 5.41) is 0. The van der Waals surface area contributed by atoms with E-state index in [0.717, 1.165) is 6.67 Å². The average Bonchev–Trinajstić information content (AvgIpc) is 2.85. The molecule has 2 heteroatoms. The van der Waals surface area contributed by atoms with Crippen LogP contribution in [0.3, 0.4) is 0 Å². The molecule has 0 radical (unpaired) electrons. The first-order valence-electron chi connectivity index (χ1n) is 8.24. The van der Waals surface area contributed by atoms with Crippen LogP contribution in [0.4, 0.5) is 11.4 Å². The third kappa shape index (κ3) is 2.86. The van der Waals surface area contributed by atoms with Crippen LogP contribution >= 0.6 is 0 Å². The van der Waals surface area contributed by atoms with E-state index in [1.807, 2.05) is 0 Å². The molecule has 0 spiro atoms. The zero-order valence-electron chi connectivity index (χ0n) is 15.1. The third-order valence-corrected chi connectivity index (χ3v) is 4.58. The van der Waals surface area contributed by atoms with Crippen LogP contribution in [0, 0.1) is 41.5 Å². The summed E-state index contributed by atoms with van der Waals surface area (Å²) in [5.41, 5.74) is 10.7. The minimum atomic E-state index is 0.871. The van der Waals surface area contributed by atoms with Gasteiger partial charge in [-0.3, -0.25) is 0 Å². The molecule has 0 aliphatic carbocycles. The van der Waals surface area contributed by atoms with Crippen LogP contribution in [0.15, 0.2) is 36.7 Å². The summed E-state index contributed by atoms with van der Waals surface area (Å²) in [4.78, 5) is 4.70. The highest BCUT2D eigenvalue weighted by atomic mass is 15.3. The van der Waals surface area contributed by atoms with Crippen LogP contribution in [-0.2, 0) is 0 Å². The molecule has 23 heavy (non-hydrogen) atoms. The molecule has 2 aromatic carbocycles. The van der Waals surface area contributed by atoms with E-state index in [0.29, 0.717) is 0 Å². The second kappa shape index (κ2) is 5.77.